The second-order valence-corrected chi connectivity index (χ2v) is 6.21. The largest absolute Gasteiger partial charge is 0.360 e. The smallest absolute Gasteiger partial charge is 0.279 e. The second-order valence-electron chi connectivity index (χ2n) is 5.83. The van der Waals surface area contributed by atoms with E-state index < -0.39 is 0 Å². The minimum absolute atomic E-state index is 0. The zero-order valence-corrected chi connectivity index (χ0v) is 15.3. The zero-order chi connectivity index (χ0) is 16.9. The van der Waals surface area contributed by atoms with Gasteiger partial charge in [0, 0.05) is 38.8 Å². The van der Waals surface area contributed by atoms with Crippen LogP contribution in [0.3, 0.4) is 0 Å². The summed E-state index contributed by atoms with van der Waals surface area (Å²) < 4.78 is 0. The normalized spacial score (nSPS) is 14.6. The van der Waals surface area contributed by atoms with Crippen molar-refractivity contribution in [2.45, 2.75) is 6.54 Å². The molecule has 3 rings (SSSR count). The van der Waals surface area contributed by atoms with Gasteiger partial charge in [0.1, 0.15) is 4.99 Å². The third-order valence-corrected chi connectivity index (χ3v) is 4.72. The minimum atomic E-state index is -0.368. The van der Waals surface area contributed by atoms with E-state index in [-0.39, 0.29) is 23.0 Å². The fourth-order valence-electron chi connectivity index (χ4n) is 2.93. The van der Waals surface area contributed by atoms with Gasteiger partial charge >= 0.3 is 0 Å². The first-order chi connectivity index (χ1) is 11.6. The van der Waals surface area contributed by atoms with E-state index in [4.69, 9.17) is 12.2 Å². The van der Waals surface area contributed by atoms with Gasteiger partial charge in [0.15, 0.2) is 0 Å². The molecule has 132 valence electrons. The van der Waals surface area contributed by atoms with Crippen LogP contribution < -0.4 is 0 Å². The number of piperazine rings is 1. The Morgan fingerprint density at radius 3 is 2.24 bits per heavy atom. The lowest BCUT2D eigenvalue weighted by molar-refractivity contribution is -0.385. The highest BCUT2D eigenvalue weighted by Gasteiger charge is 2.24. The lowest BCUT2D eigenvalue weighted by Crippen LogP contribution is -2.48. The number of nitrogens with zero attached hydrogens (tertiary/aromatic N) is 3. The summed E-state index contributed by atoms with van der Waals surface area (Å²) in [5.74, 6) is 0. The maximum absolute atomic E-state index is 11.2. The van der Waals surface area contributed by atoms with Gasteiger partial charge in [0.2, 0.25) is 0 Å². The lowest BCUT2D eigenvalue weighted by atomic mass is 10.1. The molecule has 5 nitrogen and oxygen atoms in total. The Morgan fingerprint density at radius 2 is 1.60 bits per heavy atom. The van der Waals surface area contributed by atoms with Crippen LogP contribution in [0.4, 0.5) is 5.69 Å². The summed E-state index contributed by atoms with van der Waals surface area (Å²) in [6, 6.07) is 17.1. The zero-order valence-electron chi connectivity index (χ0n) is 13.7. The average molecular weight is 378 g/mol. The number of rotatable bonds is 4. The first-order valence-electron chi connectivity index (χ1n) is 7.94. The molecule has 0 amide bonds. The number of para-hydroxylation sites is 1. The standard InChI is InChI=1S/C18H19N3O2S.ClH/c22-21(23)17-9-5-4-8-16(17)18(24)20-12-10-19(11-13-20)14-15-6-2-1-3-7-15;/h1-9H,10-14H2;1H. The number of nitro groups is 1. The van der Waals surface area contributed by atoms with Gasteiger partial charge in [-0.05, 0) is 11.6 Å². The minimum Gasteiger partial charge on any atom is -0.360 e. The molecule has 2 aromatic carbocycles. The van der Waals surface area contributed by atoms with Crippen molar-refractivity contribution in [1.82, 2.24) is 9.80 Å². The molecule has 1 fully saturated rings. The molecule has 0 unspecified atom stereocenters. The van der Waals surface area contributed by atoms with Crippen LogP contribution in [0.2, 0.25) is 0 Å². The Hall–Kier alpha value is -2.02. The predicted molar refractivity (Wildman–Crippen MR) is 105 cm³/mol. The highest BCUT2D eigenvalue weighted by atomic mass is 35.5. The Bertz CT molecular complexity index is 734. The number of thiocarbonyl (C=S) groups is 1. The highest BCUT2D eigenvalue weighted by Crippen LogP contribution is 2.21. The van der Waals surface area contributed by atoms with Crippen LogP contribution in [0.25, 0.3) is 0 Å². The molecule has 0 saturated carbocycles. The Kier molecular flexibility index (Phi) is 6.87. The van der Waals surface area contributed by atoms with Crippen LogP contribution in [-0.4, -0.2) is 45.9 Å². The van der Waals surface area contributed by atoms with Crippen molar-refractivity contribution in [2.24, 2.45) is 0 Å². The second kappa shape index (κ2) is 8.89. The molecular weight excluding hydrogens is 358 g/mol. The Balaban J connectivity index is 0.00000225. The number of benzene rings is 2. The highest BCUT2D eigenvalue weighted by molar-refractivity contribution is 7.80. The summed E-state index contributed by atoms with van der Waals surface area (Å²) in [7, 11) is 0. The van der Waals surface area contributed by atoms with Crippen LogP contribution in [-0.2, 0) is 6.54 Å². The molecule has 2 aromatic rings. The molecule has 0 N–H and O–H groups in total. The summed E-state index contributed by atoms with van der Waals surface area (Å²) in [5.41, 5.74) is 1.91. The molecule has 0 aromatic heterocycles. The van der Waals surface area contributed by atoms with E-state index in [2.05, 4.69) is 34.1 Å². The number of hydrogen-bond acceptors (Lipinski definition) is 4. The van der Waals surface area contributed by atoms with E-state index in [1.807, 2.05) is 6.07 Å². The SMILES string of the molecule is Cl.O=[N+]([O-])c1ccccc1C(=S)N1CCN(Cc2ccccc2)CC1. The fourth-order valence-corrected chi connectivity index (χ4v) is 3.29. The van der Waals surface area contributed by atoms with E-state index in [0.29, 0.717) is 10.6 Å². The molecule has 1 saturated heterocycles. The van der Waals surface area contributed by atoms with Crippen molar-refractivity contribution in [3.05, 3.63) is 75.8 Å². The molecule has 0 atom stereocenters. The van der Waals surface area contributed by atoms with Crippen LogP contribution in [0, 0.1) is 10.1 Å². The maximum Gasteiger partial charge on any atom is 0.279 e. The third kappa shape index (κ3) is 4.75. The summed E-state index contributed by atoms with van der Waals surface area (Å²) in [4.78, 5) is 15.8. The topological polar surface area (TPSA) is 49.6 Å². The van der Waals surface area contributed by atoms with Crippen LogP contribution in [0.5, 0.6) is 0 Å². The predicted octanol–water partition coefficient (Wildman–Crippen LogP) is 3.51. The maximum atomic E-state index is 11.2. The van der Waals surface area contributed by atoms with Crippen molar-refractivity contribution in [3.63, 3.8) is 0 Å². The van der Waals surface area contributed by atoms with Crippen LogP contribution >= 0.6 is 24.6 Å². The quantitative estimate of drug-likeness (QED) is 0.463. The molecule has 7 heteroatoms. The van der Waals surface area contributed by atoms with Gasteiger partial charge < -0.3 is 4.90 Å². The van der Waals surface area contributed by atoms with Crippen molar-refractivity contribution in [3.8, 4) is 0 Å². The van der Waals surface area contributed by atoms with Crippen molar-refractivity contribution in [2.75, 3.05) is 26.2 Å². The molecule has 1 aliphatic heterocycles. The molecule has 1 heterocycles. The number of hydrogen-bond donors (Lipinski definition) is 0. The average Bonchev–Trinajstić information content (AvgIpc) is 2.62. The van der Waals surface area contributed by atoms with Gasteiger partial charge in [-0.3, -0.25) is 15.0 Å². The molecule has 0 bridgehead atoms. The molecule has 0 radical (unpaired) electrons. The summed E-state index contributed by atoms with van der Waals surface area (Å²) in [6.07, 6.45) is 0. The van der Waals surface area contributed by atoms with Gasteiger partial charge in [-0.1, -0.05) is 54.7 Å². The van der Waals surface area contributed by atoms with E-state index in [0.717, 1.165) is 32.7 Å². The molecule has 1 aliphatic rings. The molecular formula is C18H20ClN3O2S. The van der Waals surface area contributed by atoms with E-state index in [1.54, 1.807) is 18.2 Å². The van der Waals surface area contributed by atoms with Crippen molar-refractivity contribution >= 4 is 35.3 Å². The molecule has 25 heavy (non-hydrogen) atoms. The van der Waals surface area contributed by atoms with Crippen molar-refractivity contribution < 1.29 is 4.92 Å². The van der Waals surface area contributed by atoms with Crippen molar-refractivity contribution in [1.29, 1.82) is 0 Å². The molecule has 0 spiro atoms. The molecule has 0 aliphatic carbocycles. The fraction of sp³-hybridized carbons (Fsp3) is 0.278. The van der Waals surface area contributed by atoms with Crippen LogP contribution in [0.15, 0.2) is 54.6 Å². The first-order valence-corrected chi connectivity index (χ1v) is 8.35. The lowest BCUT2D eigenvalue weighted by Gasteiger charge is -2.36. The monoisotopic (exact) mass is 377 g/mol. The van der Waals surface area contributed by atoms with Gasteiger partial charge in [-0.25, -0.2) is 0 Å². The van der Waals surface area contributed by atoms with Gasteiger partial charge in [0.05, 0.1) is 10.5 Å². The van der Waals surface area contributed by atoms with Gasteiger partial charge in [-0.15, -0.1) is 12.4 Å². The van der Waals surface area contributed by atoms with Crippen LogP contribution in [0.1, 0.15) is 11.1 Å². The number of nitro benzene ring substituents is 1. The van der Waals surface area contributed by atoms with Gasteiger partial charge in [-0.2, -0.15) is 0 Å². The summed E-state index contributed by atoms with van der Waals surface area (Å²) in [5, 5.41) is 11.2. The number of halogens is 1. The first kappa shape index (κ1) is 19.3. The Labute approximate surface area is 158 Å². The van der Waals surface area contributed by atoms with Gasteiger partial charge in [0.25, 0.3) is 5.69 Å². The van der Waals surface area contributed by atoms with E-state index >= 15 is 0 Å². The van der Waals surface area contributed by atoms with E-state index in [9.17, 15) is 10.1 Å². The van der Waals surface area contributed by atoms with E-state index in [1.165, 1.54) is 11.6 Å². The third-order valence-electron chi connectivity index (χ3n) is 4.24. The summed E-state index contributed by atoms with van der Waals surface area (Å²) >= 11 is 5.52. The summed E-state index contributed by atoms with van der Waals surface area (Å²) in [6.45, 7) is 4.30. The Morgan fingerprint density at radius 1 is 1.00 bits per heavy atom.